The summed E-state index contributed by atoms with van der Waals surface area (Å²) in [6, 6.07) is 16.0. The maximum Gasteiger partial charge on any atom is 0.195 e. The van der Waals surface area contributed by atoms with E-state index in [-0.39, 0.29) is 5.78 Å². The smallest absolute Gasteiger partial charge is 0.195 e. The van der Waals surface area contributed by atoms with Crippen molar-refractivity contribution in [3.8, 4) is 0 Å². The van der Waals surface area contributed by atoms with E-state index in [1.807, 2.05) is 55.6 Å². The summed E-state index contributed by atoms with van der Waals surface area (Å²) in [7, 11) is 0. The molecule has 0 saturated carbocycles. The number of carbonyl (C=O) groups is 1. The van der Waals surface area contributed by atoms with Crippen molar-refractivity contribution in [3.63, 3.8) is 0 Å². The third-order valence-corrected chi connectivity index (χ3v) is 4.18. The fourth-order valence-corrected chi connectivity index (χ4v) is 2.91. The van der Waals surface area contributed by atoms with Gasteiger partial charge >= 0.3 is 0 Å². The van der Waals surface area contributed by atoms with Crippen molar-refractivity contribution >= 4 is 16.7 Å². The van der Waals surface area contributed by atoms with Crippen LogP contribution in [0.4, 0.5) is 0 Å². The summed E-state index contributed by atoms with van der Waals surface area (Å²) in [5.41, 5.74) is 3.77. The normalized spacial score (nSPS) is 11.0. The predicted octanol–water partition coefficient (Wildman–Crippen LogP) is 4.98. The van der Waals surface area contributed by atoms with E-state index in [1.54, 1.807) is 0 Å². The first kappa shape index (κ1) is 14.6. The second kappa shape index (κ2) is 6.18. The van der Waals surface area contributed by atoms with Crippen molar-refractivity contribution in [3.05, 3.63) is 71.4 Å². The van der Waals surface area contributed by atoms with Gasteiger partial charge in [-0.2, -0.15) is 0 Å². The lowest BCUT2D eigenvalue weighted by molar-refractivity contribution is 0.103. The first-order chi connectivity index (χ1) is 10.7. The van der Waals surface area contributed by atoms with E-state index in [1.165, 1.54) is 0 Å². The van der Waals surface area contributed by atoms with Crippen LogP contribution in [0.25, 0.3) is 10.9 Å². The van der Waals surface area contributed by atoms with Crippen LogP contribution in [-0.4, -0.2) is 10.4 Å². The Morgan fingerprint density at radius 2 is 1.73 bits per heavy atom. The van der Waals surface area contributed by atoms with E-state index in [2.05, 4.69) is 17.6 Å². The zero-order valence-electron chi connectivity index (χ0n) is 13.2. The Kier molecular flexibility index (Phi) is 4.10. The number of para-hydroxylation sites is 1. The molecule has 0 saturated heterocycles. The molecular weight excluding hydrogens is 270 g/mol. The molecule has 3 aromatic rings. The molecule has 0 aliphatic rings. The fraction of sp³-hybridized carbons (Fsp3) is 0.250. The summed E-state index contributed by atoms with van der Waals surface area (Å²) in [4.78, 5) is 13.0. The predicted molar refractivity (Wildman–Crippen MR) is 91.5 cm³/mol. The molecule has 112 valence electrons. The Balaban J connectivity index is 2.11. The molecule has 0 N–H and O–H groups in total. The van der Waals surface area contributed by atoms with Gasteiger partial charge in [-0.3, -0.25) is 4.79 Å². The first-order valence-electron chi connectivity index (χ1n) is 7.90. The van der Waals surface area contributed by atoms with Gasteiger partial charge in [0.05, 0.1) is 0 Å². The van der Waals surface area contributed by atoms with Gasteiger partial charge in [0.2, 0.25) is 0 Å². The molecule has 0 radical (unpaired) electrons. The molecule has 0 fully saturated rings. The van der Waals surface area contributed by atoms with Gasteiger partial charge in [-0.1, -0.05) is 55.8 Å². The monoisotopic (exact) mass is 291 g/mol. The largest absolute Gasteiger partial charge is 0.347 e. The van der Waals surface area contributed by atoms with Gasteiger partial charge < -0.3 is 4.57 Å². The molecule has 3 rings (SSSR count). The van der Waals surface area contributed by atoms with Gasteiger partial charge in [-0.15, -0.1) is 0 Å². The molecule has 0 unspecified atom stereocenters. The molecule has 1 heterocycles. The Morgan fingerprint density at radius 3 is 2.50 bits per heavy atom. The Morgan fingerprint density at radius 1 is 1.00 bits per heavy atom. The molecule has 0 aliphatic carbocycles. The van der Waals surface area contributed by atoms with Crippen LogP contribution in [0, 0.1) is 6.92 Å². The summed E-state index contributed by atoms with van der Waals surface area (Å²) in [6.07, 6.45) is 4.29. The number of rotatable bonds is 5. The number of hydrogen-bond donors (Lipinski definition) is 0. The summed E-state index contributed by atoms with van der Waals surface area (Å²) in [5, 5.41) is 1.05. The number of carbonyl (C=O) groups excluding carboxylic acids is 1. The number of ketones is 1. The first-order valence-corrected chi connectivity index (χ1v) is 7.90. The van der Waals surface area contributed by atoms with Gasteiger partial charge in [0, 0.05) is 34.8 Å². The highest BCUT2D eigenvalue weighted by Crippen LogP contribution is 2.25. The molecular formula is C20H21NO. The summed E-state index contributed by atoms with van der Waals surface area (Å²) < 4.78 is 2.21. The molecule has 2 nitrogen and oxygen atoms in total. The van der Waals surface area contributed by atoms with Crippen LogP contribution in [0.1, 0.15) is 41.3 Å². The average Bonchev–Trinajstić information content (AvgIpc) is 2.92. The van der Waals surface area contributed by atoms with E-state index in [0.29, 0.717) is 0 Å². The molecule has 2 aromatic carbocycles. The van der Waals surface area contributed by atoms with Crippen molar-refractivity contribution < 1.29 is 4.79 Å². The zero-order valence-corrected chi connectivity index (χ0v) is 13.2. The van der Waals surface area contributed by atoms with Crippen LogP contribution in [0.15, 0.2) is 54.7 Å². The second-order valence-corrected chi connectivity index (χ2v) is 5.75. The number of nitrogens with zero attached hydrogens (tertiary/aromatic N) is 1. The lowest BCUT2D eigenvalue weighted by Crippen LogP contribution is -2.03. The van der Waals surface area contributed by atoms with E-state index in [9.17, 15) is 4.79 Å². The molecule has 1 aromatic heterocycles. The SMILES string of the molecule is CCCCn1cc(C(=O)c2ccccc2C)c2ccccc21. The third kappa shape index (κ3) is 2.57. The third-order valence-electron chi connectivity index (χ3n) is 4.18. The number of aryl methyl sites for hydroxylation is 2. The molecule has 0 spiro atoms. The number of aromatic nitrogens is 1. The number of fused-ring (bicyclic) bond motifs is 1. The summed E-state index contributed by atoms with van der Waals surface area (Å²) in [6.45, 7) is 5.13. The Labute approximate surface area is 131 Å². The molecule has 0 aliphatic heterocycles. The van der Waals surface area contributed by atoms with E-state index < -0.39 is 0 Å². The average molecular weight is 291 g/mol. The number of unbranched alkanes of at least 4 members (excludes halogenated alkanes) is 1. The maximum atomic E-state index is 13.0. The van der Waals surface area contributed by atoms with Crippen molar-refractivity contribution in [2.24, 2.45) is 0 Å². The lowest BCUT2D eigenvalue weighted by atomic mass is 9.99. The summed E-state index contributed by atoms with van der Waals surface area (Å²) in [5.74, 6) is 0.115. The fourth-order valence-electron chi connectivity index (χ4n) is 2.91. The van der Waals surface area contributed by atoms with Crippen molar-refractivity contribution in [2.75, 3.05) is 0 Å². The van der Waals surface area contributed by atoms with E-state index >= 15 is 0 Å². The molecule has 0 amide bonds. The highest BCUT2D eigenvalue weighted by atomic mass is 16.1. The molecule has 0 atom stereocenters. The highest BCUT2D eigenvalue weighted by molar-refractivity contribution is 6.17. The van der Waals surface area contributed by atoms with Crippen LogP contribution < -0.4 is 0 Å². The van der Waals surface area contributed by atoms with Crippen LogP contribution in [-0.2, 0) is 6.54 Å². The van der Waals surface area contributed by atoms with E-state index in [0.717, 1.165) is 47.0 Å². The minimum Gasteiger partial charge on any atom is -0.347 e. The van der Waals surface area contributed by atoms with Crippen LogP contribution >= 0.6 is 0 Å². The van der Waals surface area contributed by atoms with Gasteiger partial charge in [0.25, 0.3) is 0 Å². The Hall–Kier alpha value is -2.35. The van der Waals surface area contributed by atoms with Crippen LogP contribution in [0.5, 0.6) is 0 Å². The van der Waals surface area contributed by atoms with Gasteiger partial charge in [-0.25, -0.2) is 0 Å². The maximum absolute atomic E-state index is 13.0. The van der Waals surface area contributed by atoms with Crippen LogP contribution in [0.2, 0.25) is 0 Å². The van der Waals surface area contributed by atoms with Gasteiger partial charge in [-0.05, 0) is 25.0 Å². The van der Waals surface area contributed by atoms with Crippen molar-refractivity contribution in [1.82, 2.24) is 4.57 Å². The topological polar surface area (TPSA) is 22.0 Å². The quantitative estimate of drug-likeness (QED) is 0.608. The highest BCUT2D eigenvalue weighted by Gasteiger charge is 2.17. The second-order valence-electron chi connectivity index (χ2n) is 5.75. The number of hydrogen-bond acceptors (Lipinski definition) is 1. The lowest BCUT2D eigenvalue weighted by Gasteiger charge is -2.03. The van der Waals surface area contributed by atoms with Gasteiger partial charge in [0.15, 0.2) is 5.78 Å². The minimum atomic E-state index is 0.115. The van der Waals surface area contributed by atoms with E-state index in [4.69, 9.17) is 0 Å². The summed E-state index contributed by atoms with van der Waals surface area (Å²) >= 11 is 0. The number of benzene rings is 2. The zero-order chi connectivity index (χ0) is 15.5. The molecule has 2 heteroatoms. The Bertz CT molecular complexity index is 813. The minimum absolute atomic E-state index is 0.115. The standard InChI is InChI=1S/C20H21NO/c1-3-4-13-21-14-18(17-11-7-8-12-19(17)21)20(22)16-10-6-5-9-15(16)2/h5-12,14H,3-4,13H2,1-2H3. The molecule has 22 heavy (non-hydrogen) atoms. The van der Waals surface area contributed by atoms with Crippen molar-refractivity contribution in [1.29, 1.82) is 0 Å². The van der Waals surface area contributed by atoms with Crippen LogP contribution in [0.3, 0.4) is 0 Å². The van der Waals surface area contributed by atoms with Crippen molar-refractivity contribution in [2.45, 2.75) is 33.2 Å². The molecule has 0 bridgehead atoms. The van der Waals surface area contributed by atoms with Gasteiger partial charge in [0.1, 0.15) is 0 Å².